The van der Waals surface area contributed by atoms with Crippen molar-refractivity contribution in [1.82, 2.24) is 20.2 Å². The number of benzene rings is 2. The topological polar surface area (TPSA) is 117 Å². The van der Waals surface area contributed by atoms with E-state index in [1.165, 1.54) is 23.0 Å². The van der Waals surface area contributed by atoms with Gasteiger partial charge in [-0.1, -0.05) is 50.1 Å². The summed E-state index contributed by atoms with van der Waals surface area (Å²) in [5, 5.41) is 19.6. The number of halogens is 1. The van der Waals surface area contributed by atoms with Gasteiger partial charge in [0.2, 0.25) is 18.2 Å². The van der Waals surface area contributed by atoms with Crippen LogP contribution in [0, 0.1) is 11.7 Å². The molecule has 3 aromatic rings. The minimum Gasteiger partial charge on any atom is -0.344 e. The molecule has 0 radical (unpaired) electrons. The number of anilines is 1. The van der Waals surface area contributed by atoms with Gasteiger partial charge in [-0.25, -0.2) is 14.1 Å². The number of nitrogens with one attached hydrogen (secondary N) is 2. The van der Waals surface area contributed by atoms with Crippen LogP contribution in [0.2, 0.25) is 0 Å². The number of hydrogen-bond acceptors (Lipinski definition) is 5. The van der Waals surface area contributed by atoms with Crippen LogP contribution in [-0.4, -0.2) is 50.9 Å². The lowest BCUT2D eigenvalue weighted by molar-refractivity contribution is -0.155. The van der Waals surface area contributed by atoms with Crippen molar-refractivity contribution in [2.75, 3.05) is 11.9 Å². The molecule has 0 spiro atoms. The molecule has 9 nitrogen and oxygen atoms in total. The summed E-state index contributed by atoms with van der Waals surface area (Å²) < 4.78 is 16.1. The first kappa shape index (κ1) is 27.5. The highest BCUT2D eigenvalue weighted by Gasteiger charge is 2.27. The summed E-state index contributed by atoms with van der Waals surface area (Å²) in [4.78, 5) is 37.2. The molecule has 1 aromatic heterocycles. The van der Waals surface area contributed by atoms with Gasteiger partial charge in [-0.05, 0) is 49.1 Å². The normalized spacial score (nSPS) is 12.4. The second-order valence-corrected chi connectivity index (χ2v) is 8.76. The van der Waals surface area contributed by atoms with Crippen molar-refractivity contribution in [1.29, 1.82) is 0 Å². The Kier molecular flexibility index (Phi) is 10.3. The molecule has 2 atom stereocenters. The number of nitrogens with zero attached hydrogens (tertiary/aromatic N) is 3. The zero-order chi connectivity index (χ0) is 26.6. The minimum atomic E-state index is -0.922. The van der Waals surface area contributed by atoms with E-state index in [2.05, 4.69) is 15.7 Å². The summed E-state index contributed by atoms with van der Waals surface area (Å²) in [5.41, 5.74) is 1.47. The quantitative estimate of drug-likeness (QED) is 0.174. The van der Waals surface area contributed by atoms with Crippen LogP contribution >= 0.6 is 0 Å². The molecule has 0 fully saturated rings. The van der Waals surface area contributed by atoms with Gasteiger partial charge < -0.3 is 10.6 Å². The fraction of sp³-hybridized carbons (Fsp3) is 0.333. The molecule has 10 heteroatoms. The molecule has 3 rings (SSSR count). The van der Waals surface area contributed by atoms with Crippen molar-refractivity contribution < 1.29 is 24.0 Å². The fourth-order valence-electron chi connectivity index (χ4n) is 3.95. The molecule has 0 unspecified atom stereocenters. The monoisotopic (exact) mass is 509 g/mol. The first-order valence-corrected chi connectivity index (χ1v) is 12.3. The maximum absolute atomic E-state index is 14.7. The number of aromatic nitrogens is 2. The molecule has 0 bridgehead atoms. The molecule has 0 aliphatic carbocycles. The Morgan fingerprint density at radius 1 is 1.14 bits per heavy atom. The Labute approximate surface area is 215 Å². The summed E-state index contributed by atoms with van der Waals surface area (Å²) in [5.74, 6) is -2.19. The number of aryl methyl sites for hydroxylation is 1. The van der Waals surface area contributed by atoms with Crippen molar-refractivity contribution in [3.05, 3.63) is 78.4 Å². The maximum Gasteiger partial charge on any atom is 0.246 e. The molecule has 3 amide bonds. The smallest absolute Gasteiger partial charge is 0.246 e. The van der Waals surface area contributed by atoms with E-state index in [1.54, 1.807) is 18.3 Å². The van der Waals surface area contributed by atoms with Crippen LogP contribution in [0.15, 0.2) is 67.0 Å². The Bertz CT molecular complexity index is 1160. The molecular formula is C27H32FN5O4. The van der Waals surface area contributed by atoms with E-state index < -0.39 is 29.6 Å². The Morgan fingerprint density at radius 3 is 2.57 bits per heavy atom. The number of hydrogen-bond donors (Lipinski definition) is 3. The molecule has 37 heavy (non-hydrogen) atoms. The molecule has 2 aromatic carbocycles. The summed E-state index contributed by atoms with van der Waals surface area (Å²) in [6.07, 6.45) is 6.20. The van der Waals surface area contributed by atoms with E-state index in [4.69, 9.17) is 0 Å². The first-order chi connectivity index (χ1) is 17.9. The molecule has 0 aliphatic rings. The van der Waals surface area contributed by atoms with Crippen LogP contribution in [0.25, 0.3) is 5.69 Å². The molecule has 3 N–H and O–H groups in total. The van der Waals surface area contributed by atoms with Crippen LogP contribution in [0.5, 0.6) is 0 Å². The molecule has 196 valence electrons. The van der Waals surface area contributed by atoms with Crippen molar-refractivity contribution in [2.24, 2.45) is 5.92 Å². The second-order valence-electron chi connectivity index (χ2n) is 8.76. The predicted octanol–water partition coefficient (Wildman–Crippen LogP) is 3.72. The Balaban J connectivity index is 1.75. The minimum absolute atomic E-state index is 0.178. The van der Waals surface area contributed by atoms with Crippen molar-refractivity contribution in [3.8, 4) is 5.69 Å². The van der Waals surface area contributed by atoms with Gasteiger partial charge in [0.1, 0.15) is 11.7 Å². The van der Waals surface area contributed by atoms with E-state index in [0.717, 1.165) is 12.0 Å². The van der Waals surface area contributed by atoms with E-state index >= 15 is 0 Å². The summed E-state index contributed by atoms with van der Waals surface area (Å²) >= 11 is 0. The SMILES string of the molecule is CCCC[C@H](CN(O)C=O)C(=O)N[C@@H](CCc1ccccc1)C(=O)Nc1ccc(-n2cccn2)c(F)c1. The summed E-state index contributed by atoms with van der Waals surface area (Å²) in [6, 6.07) is 14.5. The predicted molar refractivity (Wildman–Crippen MR) is 136 cm³/mol. The lowest BCUT2D eigenvalue weighted by Gasteiger charge is -2.24. The van der Waals surface area contributed by atoms with Gasteiger partial charge in [-0.3, -0.25) is 19.6 Å². The summed E-state index contributed by atoms with van der Waals surface area (Å²) in [7, 11) is 0. The second kappa shape index (κ2) is 13.9. The number of carbonyl (C=O) groups excluding carboxylic acids is 3. The average molecular weight is 510 g/mol. The van der Waals surface area contributed by atoms with Crippen LogP contribution in [0.1, 0.15) is 38.2 Å². The van der Waals surface area contributed by atoms with Gasteiger partial charge in [0.25, 0.3) is 0 Å². The maximum atomic E-state index is 14.7. The van der Waals surface area contributed by atoms with Crippen molar-refractivity contribution in [3.63, 3.8) is 0 Å². The van der Waals surface area contributed by atoms with Crippen molar-refractivity contribution in [2.45, 2.75) is 45.1 Å². The Hall–Kier alpha value is -4.05. The van der Waals surface area contributed by atoms with Gasteiger partial charge in [0.15, 0.2) is 5.82 Å². The lowest BCUT2D eigenvalue weighted by atomic mass is 9.99. The van der Waals surface area contributed by atoms with Crippen LogP contribution in [0.4, 0.5) is 10.1 Å². The molecular weight excluding hydrogens is 477 g/mol. The van der Waals surface area contributed by atoms with Gasteiger partial charge >= 0.3 is 0 Å². The third-order valence-corrected chi connectivity index (χ3v) is 5.97. The van der Waals surface area contributed by atoms with Crippen LogP contribution in [-0.2, 0) is 20.8 Å². The standard InChI is InChI=1S/C27H32FN5O4/c1-2-3-10-21(18-32(37)19-34)26(35)31-24(13-11-20-8-5-4-6-9-20)27(36)30-22-12-14-25(23(28)17-22)33-16-7-15-29-33/h4-9,12,14-17,19,21,24,37H,2-3,10-11,13,18H2,1H3,(H,30,36)(H,31,35)/t21-,24+/m1/s1. The van der Waals surface area contributed by atoms with Gasteiger partial charge in [-0.15, -0.1) is 0 Å². The highest BCUT2D eigenvalue weighted by atomic mass is 19.1. The largest absolute Gasteiger partial charge is 0.344 e. The fourth-order valence-corrected chi connectivity index (χ4v) is 3.95. The third kappa shape index (κ3) is 8.25. The number of carbonyl (C=O) groups is 3. The molecule has 0 saturated heterocycles. The molecule has 0 saturated carbocycles. The molecule has 0 aliphatic heterocycles. The third-order valence-electron chi connectivity index (χ3n) is 5.97. The zero-order valence-electron chi connectivity index (χ0n) is 20.7. The number of unbranched alkanes of at least 4 members (excludes halogenated alkanes) is 1. The van der Waals surface area contributed by atoms with Gasteiger partial charge in [-0.2, -0.15) is 5.10 Å². The van der Waals surface area contributed by atoms with Crippen molar-refractivity contribution >= 4 is 23.9 Å². The number of rotatable bonds is 14. The summed E-state index contributed by atoms with van der Waals surface area (Å²) in [6.45, 7) is 1.79. The Morgan fingerprint density at radius 2 is 1.92 bits per heavy atom. The van der Waals surface area contributed by atoms with E-state index in [9.17, 15) is 24.0 Å². The first-order valence-electron chi connectivity index (χ1n) is 12.3. The van der Waals surface area contributed by atoms with Crippen LogP contribution in [0.3, 0.4) is 0 Å². The lowest BCUT2D eigenvalue weighted by Crippen LogP contribution is -2.48. The van der Waals surface area contributed by atoms with E-state index in [1.807, 2.05) is 37.3 Å². The van der Waals surface area contributed by atoms with Gasteiger partial charge in [0, 0.05) is 18.1 Å². The number of hydroxylamine groups is 2. The highest BCUT2D eigenvalue weighted by Crippen LogP contribution is 2.19. The average Bonchev–Trinajstić information content (AvgIpc) is 3.44. The van der Waals surface area contributed by atoms with Crippen LogP contribution < -0.4 is 10.6 Å². The van der Waals surface area contributed by atoms with E-state index in [-0.39, 0.29) is 24.3 Å². The van der Waals surface area contributed by atoms with E-state index in [0.29, 0.717) is 30.7 Å². The number of amides is 3. The highest BCUT2D eigenvalue weighted by molar-refractivity contribution is 5.97. The molecule has 1 heterocycles. The zero-order valence-corrected chi connectivity index (χ0v) is 20.7. The van der Waals surface area contributed by atoms with Gasteiger partial charge in [0.05, 0.1) is 12.5 Å².